The van der Waals surface area contributed by atoms with Crippen molar-refractivity contribution in [3.05, 3.63) is 0 Å². The van der Waals surface area contributed by atoms with E-state index in [0.717, 1.165) is 0 Å². The summed E-state index contributed by atoms with van der Waals surface area (Å²) < 4.78 is 36.3. The van der Waals surface area contributed by atoms with Crippen molar-refractivity contribution >= 4 is 0 Å². The van der Waals surface area contributed by atoms with Gasteiger partial charge in [0.25, 0.3) is 0 Å². The van der Waals surface area contributed by atoms with Crippen LogP contribution in [0, 0.1) is 11.8 Å². The summed E-state index contributed by atoms with van der Waals surface area (Å²) in [5.74, 6) is -0.304. The first kappa shape index (κ1) is 10.8. The molecule has 1 fully saturated rings. The largest absolute Gasteiger partial charge is 0.389 e. The van der Waals surface area contributed by atoms with E-state index in [4.69, 9.17) is 5.73 Å². The number of halogens is 3. The average molecular weight is 196 g/mol. The molecular formula is C8H15F3N2. The zero-order chi connectivity index (χ0) is 9.90. The number of nitrogens with two attached hydrogens (primary N) is 1. The van der Waals surface area contributed by atoms with Crippen LogP contribution in [-0.2, 0) is 0 Å². The fourth-order valence-corrected chi connectivity index (χ4v) is 1.82. The van der Waals surface area contributed by atoms with Gasteiger partial charge in [0.05, 0.1) is 0 Å². The Hall–Kier alpha value is -0.290. The summed E-state index contributed by atoms with van der Waals surface area (Å²) >= 11 is 0. The molecule has 0 aromatic heterocycles. The maximum atomic E-state index is 12.1. The second-order valence-electron chi connectivity index (χ2n) is 3.57. The van der Waals surface area contributed by atoms with Crippen LogP contribution in [0.4, 0.5) is 13.2 Å². The number of alkyl halides is 3. The Morgan fingerprint density at radius 1 is 1.31 bits per heavy atom. The van der Waals surface area contributed by atoms with E-state index in [2.05, 4.69) is 5.32 Å². The molecule has 1 saturated heterocycles. The number of hydrogen-bond acceptors (Lipinski definition) is 2. The van der Waals surface area contributed by atoms with Crippen molar-refractivity contribution in [1.82, 2.24) is 5.32 Å². The van der Waals surface area contributed by atoms with Gasteiger partial charge >= 0.3 is 6.18 Å². The Bertz CT molecular complexity index is 158. The smallest absolute Gasteiger partial charge is 0.330 e. The lowest BCUT2D eigenvalue weighted by molar-refractivity contribution is -0.149. The summed E-state index contributed by atoms with van der Waals surface area (Å²) in [5, 5.41) is 3.05. The molecule has 5 heteroatoms. The SMILES string of the molecule is NCC1CNCCC1CC(F)(F)F. The molecule has 0 amide bonds. The monoisotopic (exact) mass is 196 g/mol. The normalized spacial score (nSPS) is 30.5. The average Bonchev–Trinajstić information content (AvgIpc) is 2.02. The first-order chi connectivity index (χ1) is 6.03. The van der Waals surface area contributed by atoms with E-state index in [1.165, 1.54) is 0 Å². The van der Waals surface area contributed by atoms with Gasteiger partial charge in [-0.1, -0.05) is 0 Å². The zero-order valence-electron chi connectivity index (χ0n) is 7.40. The second kappa shape index (κ2) is 4.28. The molecule has 0 aromatic rings. The first-order valence-corrected chi connectivity index (χ1v) is 4.50. The fourth-order valence-electron chi connectivity index (χ4n) is 1.82. The number of piperidine rings is 1. The molecule has 0 bridgehead atoms. The van der Waals surface area contributed by atoms with Gasteiger partial charge in [-0.3, -0.25) is 0 Å². The van der Waals surface area contributed by atoms with Crippen molar-refractivity contribution in [2.24, 2.45) is 17.6 Å². The van der Waals surface area contributed by atoms with Gasteiger partial charge in [-0.15, -0.1) is 0 Å². The predicted octanol–water partition coefficient (Wildman–Crippen LogP) is 1.12. The third-order valence-corrected chi connectivity index (χ3v) is 2.56. The standard InChI is InChI=1S/C8H15F3N2/c9-8(10,11)3-6-1-2-13-5-7(6)4-12/h6-7,13H,1-5,12H2. The number of rotatable bonds is 2. The molecule has 2 nitrogen and oxygen atoms in total. The van der Waals surface area contributed by atoms with Gasteiger partial charge in [-0.25, -0.2) is 0 Å². The Balaban J connectivity index is 2.45. The minimum Gasteiger partial charge on any atom is -0.330 e. The van der Waals surface area contributed by atoms with Crippen molar-refractivity contribution in [3.8, 4) is 0 Å². The third kappa shape index (κ3) is 3.52. The fraction of sp³-hybridized carbons (Fsp3) is 1.00. The van der Waals surface area contributed by atoms with Crippen molar-refractivity contribution in [1.29, 1.82) is 0 Å². The highest BCUT2D eigenvalue weighted by atomic mass is 19.4. The summed E-state index contributed by atoms with van der Waals surface area (Å²) in [6.07, 6.45) is -4.15. The van der Waals surface area contributed by atoms with E-state index in [-0.39, 0.29) is 11.8 Å². The summed E-state index contributed by atoms with van der Waals surface area (Å²) in [6, 6.07) is 0. The predicted molar refractivity (Wildman–Crippen MR) is 44.2 cm³/mol. The van der Waals surface area contributed by atoms with Gasteiger partial charge in [0, 0.05) is 6.42 Å². The van der Waals surface area contributed by atoms with E-state index in [0.29, 0.717) is 26.1 Å². The third-order valence-electron chi connectivity index (χ3n) is 2.56. The number of hydrogen-bond donors (Lipinski definition) is 2. The van der Waals surface area contributed by atoms with Crippen molar-refractivity contribution in [3.63, 3.8) is 0 Å². The first-order valence-electron chi connectivity index (χ1n) is 4.50. The van der Waals surface area contributed by atoms with E-state index in [9.17, 15) is 13.2 Å². The molecule has 78 valence electrons. The van der Waals surface area contributed by atoms with Crippen LogP contribution < -0.4 is 11.1 Å². The van der Waals surface area contributed by atoms with E-state index < -0.39 is 12.6 Å². The van der Waals surface area contributed by atoms with Crippen LogP contribution in [0.1, 0.15) is 12.8 Å². The van der Waals surface area contributed by atoms with Gasteiger partial charge in [0.15, 0.2) is 0 Å². The highest BCUT2D eigenvalue weighted by Gasteiger charge is 2.36. The Labute approximate surface area is 75.7 Å². The molecule has 0 radical (unpaired) electrons. The van der Waals surface area contributed by atoms with Crippen LogP contribution >= 0.6 is 0 Å². The second-order valence-corrected chi connectivity index (χ2v) is 3.57. The lowest BCUT2D eigenvalue weighted by atomic mass is 9.84. The zero-order valence-corrected chi connectivity index (χ0v) is 7.40. The van der Waals surface area contributed by atoms with Gasteiger partial charge in [0.1, 0.15) is 0 Å². The van der Waals surface area contributed by atoms with Gasteiger partial charge < -0.3 is 11.1 Å². The van der Waals surface area contributed by atoms with Crippen LogP contribution in [0.3, 0.4) is 0 Å². The Morgan fingerprint density at radius 3 is 2.54 bits per heavy atom. The minimum atomic E-state index is -4.05. The number of nitrogens with one attached hydrogen (secondary N) is 1. The van der Waals surface area contributed by atoms with E-state index in [1.54, 1.807) is 0 Å². The summed E-state index contributed by atoms with van der Waals surface area (Å²) in [6.45, 7) is 1.64. The molecule has 13 heavy (non-hydrogen) atoms. The molecule has 0 aliphatic carbocycles. The molecule has 1 rings (SSSR count). The summed E-state index contributed by atoms with van der Waals surface area (Å²) in [4.78, 5) is 0. The highest BCUT2D eigenvalue weighted by Crippen LogP contribution is 2.31. The van der Waals surface area contributed by atoms with Crippen molar-refractivity contribution < 1.29 is 13.2 Å². The molecule has 3 N–H and O–H groups in total. The maximum absolute atomic E-state index is 12.1. The molecule has 0 spiro atoms. The maximum Gasteiger partial charge on any atom is 0.389 e. The summed E-state index contributed by atoms with van der Waals surface area (Å²) in [5.41, 5.74) is 5.41. The molecule has 1 heterocycles. The lowest BCUT2D eigenvalue weighted by Crippen LogP contribution is -2.41. The van der Waals surface area contributed by atoms with E-state index in [1.807, 2.05) is 0 Å². The van der Waals surface area contributed by atoms with Crippen LogP contribution in [0.15, 0.2) is 0 Å². The molecular weight excluding hydrogens is 181 g/mol. The van der Waals surface area contributed by atoms with Gasteiger partial charge in [0.2, 0.25) is 0 Å². The molecule has 1 aliphatic heterocycles. The molecule has 0 aromatic carbocycles. The van der Waals surface area contributed by atoms with Gasteiger partial charge in [-0.2, -0.15) is 13.2 Å². The van der Waals surface area contributed by atoms with Crippen molar-refractivity contribution in [2.75, 3.05) is 19.6 Å². The molecule has 0 saturated carbocycles. The molecule has 2 atom stereocenters. The molecule has 1 aliphatic rings. The van der Waals surface area contributed by atoms with Crippen molar-refractivity contribution in [2.45, 2.75) is 19.0 Å². The summed E-state index contributed by atoms with van der Waals surface area (Å²) in [7, 11) is 0. The van der Waals surface area contributed by atoms with E-state index >= 15 is 0 Å². The Morgan fingerprint density at radius 2 is 2.00 bits per heavy atom. The van der Waals surface area contributed by atoms with Crippen LogP contribution in [0.5, 0.6) is 0 Å². The quantitative estimate of drug-likeness (QED) is 0.694. The highest BCUT2D eigenvalue weighted by molar-refractivity contribution is 4.80. The minimum absolute atomic E-state index is 0.0182. The Kier molecular flexibility index (Phi) is 3.55. The van der Waals surface area contributed by atoms with Gasteiger partial charge in [-0.05, 0) is 37.9 Å². The molecule has 2 unspecified atom stereocenters. The van der Waals surface area contributed by atoms with Crippen LogP contribution in [-0.4, -0.2) is 25.8 Å². The topological polar surface area (TPSA) is 38.0 Å². The van der Waals surface area contributed by atoms with Crippen LogP contribution in [0.2, 0.25) is 0 Å². The lowest BCUT2D eigenvalue weighted by Gasteiger charge is -2.31. The van der Waals surface area contributed by atoms with Crippen LogP contribution in [0.25, 0.3) is 0 Å².